The van der Waals surface area contributed by atoms with E-state index in [4.69, 9.17) is 11.6 Å². The highest BCUT2D eigenvalue weighted by molar-refractivity contribution is 7.94. The van der Waals surface area contributed by atoms with Gasteiger partial charge >= 0.3 is 0 Å². The predicted octanol–water partition coefficient (Wildman–Crippen LogP) is 2.82. The van der Waals surface area contributed by atoms with Crippen LogP contribution in [0.25, 0.3) is 0 Å². The van der Waals surface area contributed by atoms with Crippen LogP contribution >= 0.6 is 11.6 Å². The smallest absolute Gasteiger partial charge is 0.262 e. The monoisotopic (exact) mass is 428 g/mol. The van der Waals surface area contributed by atoms with E-state index in [1.165, 1.54) is 24.3 Å². The number of amides is 1. The van der Waals surface area contributed by atoms with E-state index in [9.17, 15) is 21.6 Å². The maximum absolute atomic E-state index is 12.8. The molecule has 1 saturated heterocycles. The van der Waals surface area contributed by atoms with Gasteiger partial charge in [0.15, 0.2) is 0 Å². The number of hydrogen-bond donors (Lipinski definition) is 1. The highest BCUT2D eigenvalue weighted by atomic mass is 35.5. The van der Waals surface area contributed by atoms with E-state index < -0.39 is 26.0 Å². The van der Waals surface area contributed by atoms with E-state index in [2.05, 4.69) is 4.72 Å². The summed E-state index contributed by atoms with van der Waals surface area (Å²) < 4.78 is 52.9. The summed E-state index contributed by atoms with van der Waals surface area (Å²) in [5, 5.41) is 0.412. The Morgan fingerprint density at radius 1 is 1.07 bits per heavy atom. The Hall–Kier alpha value is -2.10. The second-order valence-corrected chi connectivity index (χ2v) is 10.2. The number of halogens is 1. The minimum Gasteiger partial charge on any atom is -0.280 e. The molecular weight excluding hydrogens is 412 g/mol. The molecule has 1 aliphatic rings. The van der Waals surface area contributed by atoms with Gasteiger partial charge in [0.1, 0.15) is 0 Å². The van der Waals surface area contributed by atoms with Crippen molar-refractivity contribution >= 4 is 48.9 Å². The summed E-state index contributed by atoms with van der Waals surface area (Å²) in [4.78, 5) is 11.8. The highest BCUT2D eigenvalue weighted by Gasteiger charge is 2.37. The zero-order valence-electron chi connectivity index (χ0n) is 14.6. The summed E-state index contributed by atoms with van der Waals surface area (Å²) in [6, 6.07) is 8.81. The van der Waals surface area contributed by atoms with Crippen molar-refractivity contribution in [1.82, 2.24) is 0 Å². The number of benzene rings is 2. The number of sulfonamides is 2. The first-order valence-corrected chi connectivity index (χ1v) is 11.4. The quantitative estimate of drug-likeness (QED) is 0.806. The van der Waals surface area contributed by atoms with Gasteiger partial charge in [0.05, 0.1) is 22.0 Å². The summed E-state index contributed by atoms with van der Waals surface area (Å²) in [6.07, 6.45) is -0.127. The molecule has 1 N–H and O–H groups in total. The number of nitrogens with one attached hydrogen (secondary N) is 1. The zero-order valence-corrected chi connectivity index (χ0v) is 17.0. The molecule has 1 amide bonds. The third kappa shape index (κ3) is 3.80. The first-order valence-electron chi connectivity index (χ1n) is 7.97. The second-order valence-electron chi connectivity index (χ2n) is 6.24. The molecule has 1 aliphatic heterocycles. The van der Waals surface area contributed by atoms with E-state index >= 15 is 0 Å². The average molecular weight is 429 g/mol. The molecular formula is C17H17ClN2O5S2. The lowest BCUT2D eigenvalue weighted by atomic mass is 10.2. The summed E-state index contributed by atoms with van der Waals surface area (Å²) in [7, 11) is -7.80. The fourth-order valence-corrected chi connectivity index (χ4v) is 5.69. The number of carbonyl (C=O) groups is 1. The minimum absolute atomic E-state index is 0.00501. The fourth-order valence-electron chi connectivity index (χ4n) is 2.74. The van der Waals surface area contributed by atoms with Gasteiger partial charge in [-0.2, -0.15) is 0 Å². The Bertz CT molecular complexity index is 1140. The van der Waals surface area contributed by atoms with Gasteiger partial charge in [0.25, 0.3) is 10.0 Å². The lowest BCUT2D eigenvalue weighted by Crippen LogP contribution is -2.29. The normalized spacial score (nSPS) is 16.6. The average Bonchev–Trinajstić information content (AvgIpc) is 2.84. The molecule has 0 unspecified atom stereocenters. The molecule has 2 aromatic carbocycles. The standard InChI is InChI=1S/C17H17ClN2O5S2/c1-11-3-5-13(9-15(11)18)19-27(24,25)16-10-14(6-4-12(16)2)20-17(21)7-8-26(20,22)23/h3-6,9-10,19H,7-8H2,1-2H3. The van der Waals surface area contributed by atoms with Crippen LogP contribution in [-0.2, 0) is 24.8 Å². The number of carbonyl (C=O) groups excluding carboxylic acids is 1. The molecule has 144 valence electrons. The van der Waals surface area contributed by atoms with Crippen LogP contribution in [0.1, 0.15) is 17.5 Å². The summed E-state index contributed by atoms with van der Waals surface area (Å²) in [5.74, 6) is -0.873. The summed E-state index contributed by atoms with van der Waals surface area (Å²) in [5.41, 5.74) is 1.50. The number of aryl methyl sites for hydroxylation is 2. The highest BCUT2D eigenvalue weighted by Crippen LogP contribution is 2.30. The SMILES string of the molecule is Cc1ccc(NS(=O)(=O)c2cc(N3C(=O)CCS3(=O)=O)ccc2C)cc1Cl. The van der Waals surface area contributed by atoms with Crippen LogP contribution in [0.5, 0.6) is 0 Å². The van der Waals surface area contributed by atoms with Gasteiger partial charge in [0, 0.05) is 11.4 Å². The van der Waals surface area contributed by atoms with Crippen LogP contribution in [0, 0.1) is 13.8 Å². The Kier molecular flexibility index (Phi) is 4.96. The molecule has 1 heterocycles. The molecule has 0 aliphatic carbocycles. The molecule has 0 aromatic heterocycles. The van der Waals surface area contributed by atoms with Crippen LogP contribution in [0.4, 0.5) is 11.4 Å². The van der Waals surface area contributed by atoms with Crippen molar-refractivity contribution in [2.24, 2.45) is 0 Å². The Labute approximate surface area is 163 Å². The van der Waals surface area contributed by atoms with E-state index in [1.807, 2.05) is 0 Å². The largest absolute Gasteiger partial charge is 0.280 e. The van der Waals surface area contributed by atoms with Crippen molar-refractivity contribution in [2.75, 3.05) is 14.8 Å². The summed E-state index contributed by atoms with van der Waals surface area (Å²) >= 11 is 6.03. The van der Waals surface area contributed by atoms with Crippen LogP contribution in [0.15, 0.2) is 41.3 Å². The maximum atomic E-state index is 12.8. The van der Waals surface area contributed by atoms with E-state index in [0.29, 0.717) is 14.9 Å². The molecule has 0 atom stereocenters. The number of hydrogen-bond acceptors (Lipinski definition) is 5. The lowest BCUT2D eigenvalue weighted by Gasteiger charge is -2.18. The van der Waals surface area contributed by atoms with Crippen LogP contribution in [-0.4, -0.2) is 28.5 Å². The third-order valence-electron chi connectivity index (χ3n) is 4.20. The Morgan fingerprint density at radius 2 is 1.74 bits per heavy atom. The number of rotatable bonds is 4. The second kappa shape index (κ2) is 6.81. The summed E-state index contributed by atoms with van der Waals surface area (Å²) in [6.45, 7) is 3.38. The first kappa shape index (κ1) is 19.7. The molecule has 3 rings (SSSR count). The molecule has 0 bridgehead atoms. The van der Waals surface area contributed by atoms with E-state index in [-0.39, 0.29) is 28.4 Å². The molecule has 1 fully saturated rings. The van der Waals surface area contributed by atoms with Crippen molar-refractivity contribution in [3.05, 3.63) is 52.5 Å². The molecule has 2 aromatic rings. The number of nitrogens with zero attached hydrogens (tertiary/aromatic N) is 1. The minimum atomic E-state index is -4.02. The van der Waals surface area contributed by atoms with Gasteiger partial charge in [-0.05, 0) is 49.2 Å². The van der Waals surface area contributed by atoms with Gasteiger partial charge in [-0.1, -0.05) is 23.7 Å². The molecule has 27 heavy (non-hydrogen) atoms. The maximum Gasteiger partial charge on any atom is 0.262 e. The van der Waals surface area contributed by atoms with Gasteiger partial charge in [-0.25, -0.2) is 21.1 Å². The molecule has 0 spiro atoms. The van der Waals surface area contributed by atoms with Crippen LogP contribution < -0.4 is 9.03 Å². The third-order valence-corrected chi connectivity index (χ3v) is 7.82. The predicted molar refractivity (Wildman–Crippen MR) is 104 cm³/mol. The van der Waals surface area contributed by atoms with Crippen LogP contribution in [0.2, 0.25) is 5.02 Å². The van der Waals surface area contributed by atoms with E-state index in [1.54, 1.807) is 26.0 Å². The molecule has 7 nitrogen and oxygen atoms in total. The first-order chi connectivity index (χ1) is 12.5. The lowest BCUT2D eigenvalue weighted by molar-refractivity contribution is -0.116. The number of anilines is 2. The van der Waals surface area contributed by atoms with Crippen molar-refractivity contribution < 1.29 is 21.6 Å². The van der Waals surface area contributed by atoms with Gasteiger partial charge in [0.2, 0.25) is 15.9 Å². The van der Waals surface area contributed by atoms with E-state index in [0.717, 1.165) is 5.56 Å². The zero-order chi connectivity index (χ0) is 20.0. The Balaban J connectivity index is 2.03. The fraction of sp³-hybridized carbons (Fsp3) is 0.235. The molecule has 0 saturated carbocycles. The molecule has 10 heteroatoms. The topological polar surface area (TPSA) is 101 Å². The van der Waals surface area contributed by atoms with Crippen LogP contribution in [0.3, 0.4) is 0 Å². The van der Waals surface area contributed by atoms with Gasteiger partial charge < -0.3 is 0 Å². The van der Waals surface area contributed by atoms with Crippen molar-refractivity contribution in [3.63, 3.8) is 0 Å². The Morgan fingerprint density at radius 3 is 2.33 bits per heavy atom. The van der Waals surface area contributed by atoms with Crippen molar-refractivity contribution in [3.8, 4) is 0 Å². The van der Waals surface area contributed by atoms with Crippen molar-refractivity contribution in [2.45, 2.75) is 25.2 Å². The van der Waals surface area contributed by atoms with Crippen molar-refractivity contribution in [1.29, 1.82) is 0 Å². The van der Waals surface area contributed by atoms with Gasteiger partial charge in [-0.15, -0.1) is 0 Å². The van der Waals surface area contributed by atoms with Gasteiger partial charge in [-0.3, -0.25) is 9.52 Å². The molecule has 0 radical (unpaired) electrons.